The fourth-order valence-electron chi connectivity index (χ4n) is 3.03. The van der Waals surface area contributed by atoms with Crippen molar-refractivity contribution in [3.63, 3.8) is 0 Å². The van der Waals surface area contributed by atoms with Gasteiger partial charge in [0, 0.05) is 19.4 Å². The molecule has 1 N–H and O–H groups in total. The molecule has 2 aliphatic rings. The van der Waals surface area contributed by atoms with E-state index in [-0.39, 0.29) is 12.1 Å². The lowest BCUT2D eigenvalue weighted by Gasteiger charge is -2.23. The normalized spacial score (nSPS) is 31.8. The van der Waals surface area contributed by atoms with Gasteiger partial charge in [0.2, 0.25) is 5.91 Å². The van der Waals surface area contributed by atoms with Crippen LogP contribution in [0.3, 0.4) is 0 Å². The van der Waals surface area contributed by atoms with Crippen LogP contribution in [0, 0.1) is 0 Å². The maximum Gasteiger partial charge on any atom is 0.222 e. The van der Waals surface area contributed by atoms with Crippen LogP contribution >= 0.6 is 0 Å². The molecule has 3 heteroatoms. The highest BCUT2D eigenvalue weighted by molar-refractivity contribution is 5.78. The zero-order chi connectivity index (χ0) is 11.1. The van der Waals surface area contributed by atoms with Gasteiger partial charge < -0.3 is 10.1 Å². The number of hydrogen-bond donors (Lipinski definition) is 1. The second-order valence-corrected chi connectivity index (χ2v) is 4.60. The molecule has 0 radical (unpaired) electrons. The van der Waals surface area contributed by atoms with E-state index in [0.717, 1.165) is 6.42 Å². The molecule has 84 valence electrons. The smallest absolute Gasteiger partial charge is 0.222 e. The first kappa shape index (κ1) is 9.85. The van der Waals surface area contributed by atoms with Gasteiger partial charge in [0.15, 0.2) is 0 Å². The number of carbonyl (C=O) groups excluding carboxylic acids is 1. The molecule has 0 unspecified atom stereocenters. The average Bonchev–Trinajstić information content (AvgIpc) is 2.54. The van der Waals surface area contributed by atoms with Crippen LogP contribution in [0.15, 0.2) is 24.3 Å². The lowest BCUT2D eigenvalue weighted by Crippen LogP contribution is -2.39. The summed E-state index contributed by atoms with van der Waals surface area (Å²) in [5.41, 5.74) is 2.68. The Hall–Kier alpha value is -1.35. The summed E-state index contributed by atoms with van der Waals surface area (Å²) in [6.07, 6.45) is 1.45. The van der Waals surface area contributed by atoms with E-state index in [1.165, 1.54) is 11.1 Å². The maximum atomic E-state index is 11.7. The Morgan fingerprint density at radius 1 is 1.31 bits per heavy atom. The number of carbonyl (C=O) groups is 1. The van der Waals surface area contributed by atoms with E-state index in [0.29, 0.717) is 18.3 Å². The molecule has 1 amide bonds. The molecule has 1 aliphatic carbocycles. The first-order chi connectivity index (χ1) is 7.79. The second-order valence-electron chi connectivity index (χ2n) is 4.60. The minimum absolute atomic E-state index is 0.105. The molecule has 0 saturated carbocycles. The lowest BCUT2D eigenvalue weighted by atomic mass is 9.97. The van der Waals surface area contributed by atoms with Gasteiger partial charge in [-0.05, 0) is 23.5 Å². The quantitative estimate of drug-likeness (QED) is 0.778. The molecular weight excluding hydrogens is 202 g/mol. The Morgan fingerprint density at radius 2 is 2.06 bits per heavy atom. The zero-order valence-electron chi connectivity index (χ0n) is 9.27. The third-order valence-electron chi connectivity index (χ3n) is 3.73. The van der Waals surface area contributed by atoms with Crippen molar-refractivity contribution < 1.29 is 9.53 Å². The van der Waals surface area contributed by atoms with Gasteiger partial charge in [-0.2, -0.15) is 0 Å². The molecule has 1 heterocycles. The van der Waals surface area contributed by atoms with E-state index < -0.39 is 0 Å². The van der Waals surface area contributed by atoms with E-state index in [4.69, 9.17) is 4.74 Å². The summed E-state index contributed by atoms with van der Waals surface area (Å²) in [6.45, 7) is 0. The third-order valence-corrected chi connectivity index (χ3v) is 3.73. The van der Waals surface area contributed by atoms with Crippen LogP contribution in [0.4, 0.5) is 0 Å². The van der Waals surface area contributed by atoms with Crippen LogP contribution in [0.2, 0.25) is 0 Å². The van der Waals surface area contributed by atoms with E-state index >= 15 is 0 Å². The number of fused-ring (bicyclic) bond motifs is 5. The molecule has 3 nitrogen and oxygen atoms in total. The van der Waals surface area contributed by atoms with Gasteiger partial charge in [-0.15, -0.1) is 0 Å². The molecule has 3 atom stereocenters. The standard InChI is InChI=1S/C13H15NO2/c1-16-13-11-6-8(7-12(15)14-13)9-4-2-3-5-10(9)11/h2-5,8,11,13H,6-7H2,1H3,(H,14,15)/t8-,11+,13-/m1/s1. The van der Waals surface area contributed by atoms with E-state index in [1.807, 2.05) is 0 Å². The average molecular weight is 217 g/mol. The summed E-state index contributed by atoms with van der Waals surface area (Å²) in [4.78, 5) is 11.7. The fourth-order valence-corrected chi connectivity index (χ4v) is 3.03. The summed E-state index contributed by atoms with van der Waals surface area (Å²) in [5, 5.41) is 2.94. The molecule has 16 heavy (non-hydrogen) atoms. The van der Waals surface area contributed by atoms with E-state index in [2.05, 4.69) is 29.6 Å². The van der Waals surface area contributed by atoms with Crippen molar-refractivity contribution in [2.75, 3.05) is 7.11 Å². The highest BCUT2D eigenvalue weighted by Crippen LogP contribution is 2.46. The molecule has 0 aromatic heterocycles. The Kier molecular flexibility index (Phi) is 2.21. The van der Waals surface area contributed by atoms with Crippen LogP contribution in [-0.4, -0.2) is 19.2 Å². The van der Waals surface area contributed by atoms with Crippen molar-refractivity contribution in [2.24, 2.45) is 0 Å². The molecule has 3 rings (SSSR count). The van der Waals surface area contributed by atoms with Crippen molar-refractivity contribution in [1.29, 1.82) is 0 Å². The summed E-state index contributed by atoms with van der Waals surface area (Å²) >= 11 is 0. The number of rotatable bonds is 1. The first-order valence-corrected chi connectivity index (χ1v) is 5.70. The highest BCUT2D eigenvalue weighted by Gasteiger charge is 2.40. The van der Waals surface area contributed by atoms with Crippen LogP contribution in [-0.2, 0) is 9.53 Å². The number of hydrogen-bond acceptors (Lipinski definition) is 2. The molecule has 1 saturated heterocycles. The summed E-state index contributed by atoms with van der Waals surface area (Å²) in [6, 6.07) is 8.41. The van der Waals surface area contributed by atoms with Crippen molar-refractivity contribution in [3.05, 3.63) is 35.4 Å². The minimum Gasteiger partial charge on any atom is -0.361 e. The minimum atomic E-state index is -0.166. The molecule has 2 bridgehead atoms. The molecule has 1 fully saturated rings. The van der Waals surface area contributed by atoms with Gasteiger partial charge in [0.1, 0.15) is 6.23 Å². The van der Waals surface area contributed by atoms with Crippen LogP contribution in [0.25, 0.3) is 0 Å². The molecule has 1 aromatic carbocycles. The SMILES string of the molecule is CO[C@H]1NC(=O)C[C@H]2C[C@H]1c1ccccc12. The number of methoxy groups -OCH3 is 1. The predicted octanol–water partition coefficient (Wildman–Crippen LogP) is 1.75. The molecular formula is C13H15NO2. The Balaban J connectivity index is 2.07. The van der Waals surface area contributed by atoms with Gasteiger partial charge in [0.05, 0.1) is 0 Å². The monoisotopic (exact) mass is 217 g/mol. The maximum absolute atomic E-state index is 11.7. The Bertz CT molecular complexity index is 430. The van der Waals surface area contributed by atoms with Crippen molar-refractivity contribution in [2.45, 2.75) is 30.9 Å². The Labute approximate surface area is 94.8 Å². The van der Waals surface area contributed by atoms with Gasteiger partial charge in [-0.1, -0.05) is 24.3 Å². The van der Waals surface area contributed by atoms with Crippen LogP contribution < -0.4 is 5.32 Å². The summed E-state index contributed by atoms with van der Waals surface area (Å²) in [5.74, 6) is 0.799. The summed E-state index contributed by atoms with van der Waals surface area (Å²) in [7, 11) is 1.66. The highest BCUT2D eigenvalue weighted by atomic mass is 16.5. The van der Waals surface area contributed by atoms with Crippen LogP contribution in [0.5, 0.6) is 0 Å². The fraction of sp³-hybridized carbons (Fsp3) is 0.462. The topological polar surface area (TPSA) is 38.3 Å². The van der Waals surface area contributed by atoms with Crippen molar-refractivity contribution >= 4 is 5.91 Å². The van der Waals surface area contributed by atoms with Gasteiger partial charge in [-0.3, -0.25) is 4.79 Å². The van der Waals surface area contributed by atoms with Crippen molar-refractivity contribution in [1.82, 2.24) is 5.32 Å². The second kappa shape index (κ2) is 3.59. The lowest BCUT2D eigenvalue weighted by molar-refractivity contribution is -0.124. The Morgan fingerprint density at radius 3 is 2.81 bits per heavy atom. The number of amides is 1. The van der Waals surface area contributed by atoms with E-state index in [1.54, 1.807) is 7.11 Å². The van der Waals surface area contributed by atoms with Gasteiger partial charge >= 0.3 is 0 Å². The van der Waals surface area contributed by atoms with Crippen LogP contribution in [0.1, 0.15) is 35.8 Å². The molecule has 0 spiro atoms. The first-order valence-electron chi connectivity index (χ1n) is 5.70. The van der Waals surface area contributed by atoms with Gasteiger partial charge in [0.25, 0.3) is 0 Å². The number of ether oxygens (including phenoxy) is 1. The zero-order valence-corrected chi connectivity index (χ0v) is 9.27. The summed E-state index contributed by atoms with van der Waals surface area (Å²) < 4.78 is 5.40. The number of nitrogens with one attached hydrogen (secondary N) is 1. The van der Waals surface area contributed by atoms with Gasteiger partial charge in [-0.25, -0.2) is 0 Å². The number of benzene rings is 1. The molecule has 1 aliphatic heterocycles. The third kappa shape index (κ3) is 1.35. The molecule has 1 aromatic rings. The predicted molar refractivity (Wildman–Crippen MR) is 60.1 cm³/mol. The van der Waals surface area contributed by atoms with E-state index in [9.17, 15) is 4.79 Å². The van der Waals surface area contributed by atoms with Crippen molar-refractivity contribution in [3.8, 4) is 0 Å². The largest absolute Gasteiger partial charge is 0.361 e.